The van der Waals surface area contributed by atoms with Crippen molar-refractivity contribution in [3.05, 3.63) is 40.6 Å². The van der Waals surface area contributed by atoms with Crippen LogP contribution in [0.25, 0.3) is 0 Å². The molecule has 2 heterocycles. The van der Waals surface area contributed by atoms with E-state index < -0.39 is 10.0 Å². The van der Waals surface area contributed by atoms with Crippen LogP contribution in [-0.2, 0) is 32.5 Å². The normalized spacial score (nSPS) is 15.5. The zero-order valence-electron chi connectivity index (χ0n) is 18.8. The molecule has 2 aromatic rings. The number of nitriles is 1. The van der Waals surface area contributed by atoms with Gasteiger partial charge in [-0.3, -0.25) is 4.79 Å². The zero-order chi connectivity index (χ0) is 23.6. The Hall–Kier alpha value is -2.87. The molecule has 1 atom stereocenters. The lowest BCUT2D eigenvalue weighted by Crippen LogP contribution is -2.37. The molecule has 10 heteroatoms. The molecule has 9 nitrogen and oxygen atoms in total. The summed E-state index contributed by atoms with van der Waals surface area (Å²) in [5.41, 5.74) is 3.88. The van der Waals surface area contributed by atoms with Gasteiger partial charge in [0.1, 0.15) is 11.9 Å². The number of anilines is 2. The number of primary sulfonamides is 1. The standard InChI is InChI=1S/C22H29N5O4S/c1-14-10-17-11-18(32(24,29)30)6-7-20(17)27(14)13-21(28)25-22-19(12-23)15(2)16(3)26(22)8-5-9-31-4/h6-7,11,14H,5,8-10,13H2,1-4H3,(H,25,28)(H2,24,29,30)/t14-/m1/s1. The van der Waals surface area contributed by atoms with Crippen molar-refractivity contribution in [1.29, 1.82) is 5.26 Å². The smallest absolute Gasteiger partial charge is 0.245 e. The van der Waals surface area contributed by atoms with Gasteiger partial charge in [0.2, 0.25) is 15.9 Å². The second-order valence-corrected chi connectivity index (χ2v) is 9.67. The summed E-state index contributed by atoms with van der Waals surface area (Å²) in [5.74, 6) is 0.252. The summed E-state index contributed by atoms with van der Waals surface area (Å²) in [7, 11) is -2.15. The first-order valence-corrected chi connectivity index (χ1v) is 11.9. The average Bonchev–Trinajstić information content (AvgIpc) is 3.15. The fourth-order valence-electron chi connectivity index (χ4n) is 4.19. The summed E-state index contributed by atoms with van der Waals surface area (Å²) < 4.78 is 30.4. The van der Waals surface area contributed by atoms with Crippen LogP contribution in [0, 0.1) is 25.2 Å². The molecule has 1 aliphatic rings. The second kappa shape index (κ2) is 9.32. The molecule has 0 bridgehead atoms. The predicted octanol–water partition coefficient (Wildman–Crippen LogP) is 2.05. The summed E-state index contributed by atoms with van der Waals surface area (Å²) in [5, 5.41) is 17.8. The number of nitrogens with one attached hydrogen (secondary N) is 1. The fraction of sp³-hybridized carbons (Fsp3) is 0.455. The number of aromatic nitrogens is 1. The minimum absolute atomic E-state index is 0.0128. The molecule has 32 heavy (non-hydrogen) atoms. The van der Waals surface area contributed by atoms with Crippen LogP contribution < -0.4 is 15.4 Å². The molecule has 3 N–H and O–H groups in total. The van der Waals surface area contributed by atoms with Crippen LogP contribution in [0.2, 0.25) is 0 Å². The van der Waals surface area contributed by atoms with Crippen molar-refractivity contribution in [3.8, 4) is 6.07 Å². The third-order valence-electron chi connectivity index (χ3n) is 5.98. The number of carbonyl (C=O) groups is 1. The summed E-state index contributed by atoms with van der Waals surface area (Å²) in [6.07, 6.45) is 1.36. The van der Waals surface area contributed by atoms with E-state index in [1.165, 1.54) is 6.07 Å². The molecule has 1 amide bonds. The quantitative estimate of drug-likeness (QED) is 0.581. The largest absolute Gasteiger partial charge is 0.385 e. The topological polar surface area (TPSA) is 130 Å². The Labute approximate surface area is 188 Å². The Morgan fingerprint density at radius 1 is 1.38 bits per heavy atom. The minimum Gasteiger partial charge on any atom is -0.385 e. The first-order chi connectivity index (χ1) is 15.1. The van der Waals surface area contributed by atoms with Gasteiger partial charge < -0.3 is 19.5 Å². The molecule has 0 spiro atoms. The van der Waals surface area contributed by atoms with Crippen LogP contribution in [0.15, 0.2) is 23.1 Å². The van der Waals surface area contributed by atoms with Gasteiger partial charge in [-0.05, 0) is 62.9 Å². The summed E-state index contributed by atoms with van der Waals surface area (Å²) in [6, 6.07) is 6.94. The molecule has 172 valence electrons. The third-order valence-corrected chi connectivity index (χ3v) is 6.89. The zero-order valence-corrected chi connectivity index (χ0v) is 19.6. The molecule has 0 aliphatic carbocycles. The minimum atomic E-state index is -3.79. The van der Waals surface area contributed by atoms with E-state index in [1.807, 2.05) is 30.2 Å². The third kappa shape index (κ3) is 4.65. The highest BCUT2D eigenvalue weighted by Gasteiger charge is 2.29. The summed E-state index contributed by atoms with van der Waals surface area (Å²) in [4.78, 5) is 15.0. The van der Waals surface area contributed by atoms with Gasteiger partial charge in [-0.25, -0.2) is 13.6 Å². The van der Waals surface area contributed by atoms with Gasteiger partial charge >= 0.3 is 0 Å². The van der Waals surface area contributed by atoms with E-state index in [0.29, 0.717) is 31.0 Å². The van der Waals surface area contributed by atoms with E-state index in [0.717, 1.165) is 28.9 Å². The number of rotatable bonds is 8. The van der Waals surface area contributed by atoms with Crippen molar-refractivity contribution in [1.82, 2.24) is 4.57 Å². The van der Waals surface area contributed by atoms with E-state index in [1.54, 1.807) is 19.2 Å². The average molecular weight is 460 g/mol. The van der Waals surface area contributed by atoms with Crippen LogP contribution in [0.4, 0.5) is 11.5 Å². The molecule has 0 unspecified atom stereocenters. The number of ether oxygens (including phenoxy) is 1. The van der Waals surface area contributed by atoms with E-state index in [9.17, 15) is 18.5 Å². The molecule has 0 radical (unpaired) electrons. The first kappa shape index (κ1) is 23.8. The molecule has 1 aromatic heterocycles. The van der Waals surface area contributed by atoms with Crippen LogP contribution in [0.3, 0.4) is 0 Å². The number of nitrogens with zero attached hydrogens (tertiary/aromatic N) is 3. The lowest BCUT2D eigenvalue weighted by molar-refractivity contribution is -0.115. The highest BCUT2D eigenvalue weighted by molar-refractivity contribution is 7.89. The van der Waals surface area contributed by atoms with Gasteiger partial charge in [0.05, 0.1) is 17.0 Å². The number of sulfonamides is 1. The maximum Gasteiger partial charge on any atom is 0.245 e. The number of methoxy groups -OCH3 is 1. The monoisotopic (exact) mass is 459 g/mol. The predicted molar refractivity (Wildman–Crippen MR) is 122 cm³/mol. The van der Waals surface area contributed by atoms with E-state index in [4.69, 9.17) is 9.88 Å². The molecule has 1 aliphatic heterocycles. The van der Waals surface area contributed by atoms with Crippen LogP contribution >= 0.6 is 0 Å². The van der Waals surface area contributed by atoms with Crippen LogP contribution in [0.1, 0.15) is 35.7 Å². The Morgan fingerprint density at radius 3 is 2.72 bits per heavy atom. The first-order valence-electron chi connectivity index (χ1n) is 10.4. The summed E-state index contributed by atoms with van der Waals surface area (Å²) in [6.45, 7) is 7.06. The van der Waals surface area contributed by atoms with Gasteiger partial charge in [0.15, 0.2) is 0 Å². The number of benzene rings is 1. The molecule has 0 saturated carbocycles. The molecule has 0 saturated heterocycles. The highest BCUT2D eigenvalue weighted by Crippen LogP contribution is 2.34. The van der Waals surface area contributed by atoms with Gasteiger partial charge in [-0.15, -0.1) is 0 Å². The lowest BCUT2D eigenvalue weighted by Gasteiger charge is -2.24. The number of amides is 1. The number of nitrogens with two attached hydrogens (primary N) is 1. The van der Waals surface area contributed by atoms with Crippen molar-refractivity contribution in [3.63, 3.8) is 0 Å². The fourth-order valence-corrected chi connectivity index (χ4v) is 4.76. The van der Waals surface area contributed by atoms with E-state index >= 15 is 0 Å². The Morgan fingerprint density at radius 2 is 2.09 bits per heavy atom. The number of hydrogen-bond donors (Lipinski definition) is 2. The molecular formula is C22H29N5O4S. The summed E-state index contributed by atoms with van der Waals surface area (Å²) >= 11 is 0. The molecule has 3 rings (SSSR count). The lowest BCUT2D eigenvalue weighted by atomic mass is 10.1. The van der Waals surface area contributed by atoms with Gasteiger partial charge in [-0.1, -0.05) is 0 Å². The van der Waals surface area contributed by atoms with E-state index in [2.05, 4.69) is 11.4 Å². The maximum absolute atomic E-state index is 13.0. The van der Waals surface area contributed by atoms with Crippen molar-refractivity contribution >= 4 is 27.4 Å². The van der Waals surface area contributed by atoms with E-state index in [-0.39, 0.29) is 23.4 Å². The van der Waals surface area contributed by atoms with Crippen molar-refractivity contribution in [2.24, 2.45) is 5.14 Å². The Balaban J connectivity index is 1.83. The van der Waals surface area contributed by atoms with Crippen LogP contribution in [0.5, 0.6) is 0 Å². The van der Waals surface area contributed by atoms with Gasteiger partial charge in [0.25, 0.3) is 0 Å². The van der Waals surface area contributed by atoms with Crippen molar-refractivity contribution < 1.29 is 17.9 Å². The molecule has 1 aromatic carbocycles. The van der Waals surface area contributed by atoms with Crippen molar-refractivity contribution in [2.45, 2.75) is 51.1 Å². The maximum atomic E-state index is 13.0. The van der Waals surface area contributed by atoms with Gasteiger partial charge in [0, 0.05) is 37.7 Å². The Kier molecular flexibility index (Phi) is 6.93. The molecule has 0 fully saturated rings. The van der Waals surface area contributed by atoms with Gasteiger partial charge in [-0.2, -0.15) is 5.26 Å². The second-order valence-electron chi connectivity index (χ2n) is 8.11. The number of carbonyl (C=O) groups excluding carboxylic acids is 1. The highest BCUT2D eigenvalue weighted by atomic mass is 32.2. The van der Waals surface area contributed by atoms with Crippen molar-refractivity contribution in [2.75, 3.05) is 30.5 Å². The SMILES string of the molecule is COCCCn1c(C)c(C)c(C#N)c1NC(=O)CN1c2ccc(S(N)(=O)=O)cc2C[C@H]1C. The molecular weight excluding hydrogens is 430 g/mol. The number of hydrogen-bond acceptors (Lipinski definition) is 6. The number of fused-ring (bicyclic) bond motifs is 1. The van der Waals surface area contributed by atoms with Crippen LogP contribution in [-0.4, -0.2) is 45.2 Å². The Bertz CT molecular complexity index is 1180.